The van der Waals surface area contributed by atoms with Crippen LogP contribution in [-0.4, -0.2) is 67.1 Å². The smallest absolute Gasteiger partial charge is 0.382 e. The number of halogens is 3. The van der Waals surface area contributed by atoms with Crippen molar-refractivity contribution in [1.82, 2.24) is 10.2 Å². The zero-order valence-electron chi connectivity index (χ0n) is 12.8. The van der Waals surface area contributed by atoms with Crippen molar-refractivity contribution in [2.24, 2.45) is 0 Å². The molecule has 0 bridgehead atoms. The highest BCUT2D eigenvalue weighted by atomic mass is 19.4. The van der Waals surface area contributed by atoms with Crippen molar-refractivity contribution < 1.29 is 27.8 Å². The van der Waals surface area contributed by atoms with Gasteiger partial charge in [0, 0.05) is 19.6 Å². The van der Waals surface area contributed by atoms with Gasteiger partial charge in [0.25, 0.3) is 5.91 Å². The maximum atomic E-state index is 12.9. The Hall–Kier alpha value is -1.89. The molecular weight excluding hydrogens is 327 g/mol. The molecule has 1 aliphatic heterocycles. The largest absolute Gasteiger partial charge is 0.417 e. The van der Waals surface area contributed by atoms with Gasteiger partial charge in [-0.05, 0) is 12.5 Å². The molecule has 132 valence electrons. The molecule has 1 aliphatic carbocycles. The molecule has 1 fully saturated rings. The summed E-state index contributed by atoms with van der Waals surface area (Å²) in [5.41, 5.74) is -1.52. The SMILES string of the molecule is N#CC1=CCC(NC(=O)[C@@H](O)CN2CCOCC2)C=C1C(F)(F)F. The van der Waals surface area contributed by atoms with Crippen LogP contribution in [-0.2, 0) is 9.53 Å². The number of β-amino-alcohol motifs (C(OH)–C–C–N with tert-alkyl or cyclic N) is 1. The van der Waals surface area contributed by atoms with Gasteiger partial charge in [0.15, 0.2) is 0 Å². The highest BCUT2D eigenvalue weighted by Crippen LogP contribution is 2.34. The van der Waals surface area contributed by atoms with Crippen LogP contribution in [0.15, 0.2) is 23.3 Å². The van der Waals surface area contributed by atoms with Crippen molar-refractivity contribution in [2.75, 3.05) is 32.8 Å². The lowest BCUT2D eigenvalue weighted by Gasteiger charge is -2.29. The average molecular weight is 345 g/mol. The number of nitriles is 1. The fraction of sp³-hybridized carbons (Fsp3) is 0.600. The number of hydrogen-bond donors (Lipinski definition) is 2. The minimum absolute atomic E-state index is 0.0679. The van der Waals surface area contributed by atoms with Crippen LogP contribution in [0.4, 0.5) is 13.2 Å². The predicted octanol–water partition coefficient (Wildman–Crippen LogP) is 0.507. The Balaban J connectivity index is 1.95. The van der Waals surface area contributed by atoms with Crippen molar-refractivity contribution in [1.29, 1.82) is 5.26 Å². The first kappa shape index (κ1) is 18.4. The Morgan fingerprint density at radius 2 is 2.17 bits per heavy atom. The summed E-state index contributed by atoms with van der Waals surface area (Å²) in [7, 11) is 0. The number of carbonyl (C=O) groups is 1. The van der Waals surface area contributed by atoms with E-state index >= 15 is 0 Å². The van der Waals surface area contributed by atoms with Gasteiger partial charge in [0.05, 0.1) is 36.5 Å². The third kappa shape index (κ3) is 4.80. The van der Waals surface area contributed by atoms with Crippen molar-refractivity contribution >= 4 is 5.91 Å². The minimum atomic E-state index is -4.67. The van der Waals surface area contributed by atoms with E-state index in [0.717, 1.165) is 12.2 Å². The van der Waals surface area contributed by atoms with E-state index in [9.17, 15) is 23.1 Å². The van der Waals surface area contributed by atoms with Crippen molar-refractivity contribution in [2.45, 2.75) is 24.7 Å². The lowest BCUT2D eigenvalue weighted by molar-refractivity contribution is -0.131. The third-order valence-electron chi connectivity index (χ3n) is 3.82. The molecule has 1 heterocycles. The molecule has 0 saturated carbocycles. The van der Waals surface area contributed by atoms with Gasteiger partial charge < -0.3 is 15.2 Å². The Bertz CT molecular complexity index is 575. The Labute approximate surface area is 137 Å². The summed E-state index contributed by atoms with van der Waals surface area (Å²) in [6.07, 6.45) is -3.98. The van der Waals surface area contributed by atoms with Gasteiger partial charge in [0.1, 0.15) is 6.10 Å². The van der Waals surface area contributed by atoms with Crippen LogP contribution < -0.4 is 5.32 Å². The Morgan fingerprint density at radius 1 is 1.50 bits per heavy atom. The number of morpholine rings is 1. The molecule has 6 nitrogen and oxygen atoms in total. The molecule has 0 aromatic heterocycles. The number of alkyl halides is 3. The predicted molar refractivity (Wildman–Crippen MR) is 77.6 cm³/mol. The summed E-state index contributed by atoms with van der Waals surface area (Å²) in [5, 5.41) is 21.1. The molecule has 2 atom stereocenters. The first-order valence-electron chi connectivity index (χ1n) is 7.49. The number of aliphatic hydroxyl groups excluding tert-OH is 1. The van der Waals surface area contributed by atoms with Crippen LogP contribution in [0.3, 0.4) is 0 Å². The first-order valence-corrected chi connectivity index (χ1v) is 7.49. The second-order valence-corrected chi connectivity index (χ2v) is 5.59. The van der Waals surface area contributed by atoms with E-state index in [1.54, 1.807) is 0 Å². The molecule has 0 radical (unpaired) electrons. The van der Waals surface area contributed by atoms with Crippen LogP contribution >= 0.6 is 0 Å². The molecule has 1 amide bonds. The Kier molecular flexibility index (Phi) is 5.99. The minimum Gasteiger partial charge on any atom is -0.382 e. The molecular formula is C15H18F3N3O3. The topological polar surface area (TPSA) is 85.6 Å². The van der Waals surface area contributed by atoms with E-state index in [2.05, 4.69) is 5.32 Å². The fourth-order valence-corrected chi connectivity index (χ4v) is 2.56. The molecule has 0 aromatic carbocycles. The number of ether oxygens (including phenoxy) is 1. The van der Waals surface area contributed by atoms with Gasteiger partial charge >= 0.3 is 6.18 Å². The second kappa shape index (κ2) is 7.79. The zero-order chi connectivity index (χ0) is 17.7. The number of allylic oxidation sites excluding steroid dienone is 2. The van der Waals surface area contributed by atoms with E-state index in [1.165, 1.54) is 6.07 Å². The lowest BCUT2D eigenvalue weighted by Crippen LogP contribution is -2.48. The van der Waals surface area contributed by atoms with E-state index in [-0.39, 0.29) is 13.0 Å². The number of carbonyl (C=O) groups excluding carboxylic acids is 1. The van der Waals surface area contributed by atoms with Crippen LogP contribution in [0.25, 0.3) is 0 Å². The number of hydrogen-bond acceptors (Lipinski definition) is 5. The van der Waals surface area contributed by atoms with Crippen molar-refractivity contribution in [3.05, 3.63) is 23.3 Å². The third-order valence-corrected chi connectivity index (χ3v) is 3.82. The highest BCUT2D eigenvalue weighted by Gasteiger charge is 2.38. The molecule has 9 heteroatoms. The summed E-state index contributed by atoms with van der Waals surface area (Å²) in [5.74, 6) is -0.738. The van der Waals surface area contributed by atoms with Crippen molar-refractivity contribution in [3.63, 3.8) is 0 Å². The molecule has 2 rings (SSSR count). The average Bonchev–Trinajstić information content (AvgIpc) is 2.55. The first-order chi connectivity index (χ1) is 11.3. The maximum Gasteiger partial charge on any atom is 0.417 e. The molecule has 0 spiro atoms. The number of aliphatic hydroxyl groups is 1. The monoisotopic (exact) mass is 345 g/mol. The number of nitrogens with zero attached hydrogens (tertiary/aromatic N) is 2. The standard InChI is InChI=1S/C15H18F3N3O3/c16-15(17,18)12-7-11(2-1-10(12)8-19)20-14(23)13(22)9-21-3-5-24-6-4-21/h1,7,11,13,22H,2-6,9H2,(H,20,23)/t11?,13-/m0/s1. The van der Waals surface area contributed by atoms with Crippen LogP contribution in [0, 0.1) is 11.3 Å². The van der Waals surface area contributed by atoms with E-state index < -0.39 is 35.4 Å². The van der Waals surface area contributed by atoms with Crippen molar-refractivity contribution in [3.8, 4) is 6.07 Å². The van der Waals surface area contributed by atoms with Gasteiger partial charge in [-0.15, -0.1) is 0 Å². The number of nitrogens with one attached hydrogen (secondary N) is 1. The van der Waals surface area contributed by atoms with Crippen LogP contribution in [0.2, 0.25) is 0 Å². The fourth-order valence-electron chi connectivity index (χ4n) is 2.56. The quantitative estimate of drug-likeness (QED) is 0.775. The van der Waals surface area contributed by atoms with Crippen LogP contribution in [0.1, 0.15) is 6.42 Å². The van der Waals surface area contributed by atoms with Gasteiger partial charge in [0.2, 0.25) is 0 Å². The van der Waals surface area contributed by atoms with Gasteiger partial charge in [-0.1, -0.05) is 6.08 Å². The summed E-state index contributed by atoms with van der Waals surface area (Å²) in [6, 6.07) is 0.592. The molecule has 1 saturated heterocycles. The molecule has 1 unspecified atom stereocenters. The number of amides is 1. The van der Waals surface area contributed by atoms with Crippen LogP contribution in [0.5, 0.6) is 0 Å². The molecule has 0 aromatic rings. The van der Waals surface area contributed by atoms with E-state index in [1.807, 2.05) is 4.90 Å². The summed E-state index contributed by atoms with van der Waals surface area (Å²) in [6.45, 7) is 2.28. The zero-order valence-corrected chi connectivity index (χ0v) is 12.8. The second-order valence-electron chi connectivity index (χ2n) is 5.59. The highest BCUT2D eigenvalue weighted by molar-refractivity contribution is 5.81. The number of rotatable bonds is 4. The summed E-state index contributed by atoms with van der Waals surface area (Å²) < 4.78 is 43.9. The van der Waals surface area contributed by atoms with Gasteiger partial charge in [-0.25, -0.2) is 0 Å². The molecule has 24 heavy (non-hydrogen) atoms. The normalized spacial score (nSPS) is 23.7. The molecule has 2 aliphatic rings. The summed E-state index contributed by atoms with van der Waals surface area (Å²) in [4.78, 5) is 13.8. The Morgan fingerprint density at radius 3 is 2.75 bits per heavy atom. The van der Waals surface area contributed by atoms with E-state index in [4.69, 9.17) is 10.00 Å². The lowest BCUT2D eigenvalue weighted by atomic mass is 9.95. The van der Waals surface area contributed by atoms with Gasteiger partial charge in [-0.3, -0.25) is 9.69 Å². The van der Waals surface area contributed by atoms with E-state index in [0.29, 0.717) is 26.3 Å². The maximum absolute atomic E-state index is 12.9. The van der Waals surface area contributed by atoms with Gasteiger partial charge in [-0.2, -0.15) is 18.4 Å². The molecule has 2 N–H and O–H groups in total. The summed E-state index contributed by atoms with van der Waals surface area (Å²) >= 11 is 0.